The van der Waals surface area contributed by atoms with E-state index in [0.29, 0.717) is 18.2 Å². The molecular formula is C24H26N4O2. The van der Waals surface area contributed by atoms with Crippen LogP contribution in [0.3, 0.4) is 0 Å². The van der Waals surface area contributed by atoms with E-state index in [-0.39, 0.29) is 5.69 Å². The second kappa shape index (κ2) is 7.70. The van der Waals surface area contributed by atoms with Gasteiger partial charge in [0.25, 0.3) is 0 Å². The summed E-state index contributed by atoms with van der Waals surface area (Å²) in [5.41, 5.74) is 6.01. The largest absolute Gasteiger partial charge is 0.396 e. The Morgan fingerprint density at radius 1 is 1.07 bits per heavy atom. The minimum absolute atomic E-state index is 0.213. The topological polar surface area (TPSA) is 73.6 Å². The normalized spacial score (nSPS) is 15.9. The Morgan fingerprint density at radius 3 is 2.53 bits per heavy atom. The summed E-state index contributed by atoms with van der Waals surface area (Å²) in [5, 5.41) is 17.0. The smallest absolute Gasteiger partial charge is 0.348 e. The number of pyridine rings is 1. The molecule has 6 nitrogen and oxygen atoms in total. The van der Waals surface area contributed by atoms with Crippen molar-refractivity contribution < 1.29 is 5.11 Å². The lowest BCUT2D eigenvalue weighted by Gasteiger charge is -2.31. The van der Waals surface area contributed by atoms with Crippen molar-refractivity contribution in [2.24, 2.45) is 5.92 Å². The van der Waals surface area contributed by atoms with Crippen LogP contribution < -0.4 is 5.69 Å². The molecule has 30 heavy (non-hydrogen) atoms. The molecule has 0 spiro atoms. The SMILES string of the molecule is Cc1cc2n[nH]c(=O)n2c2ccc(-c3ccc(CN4CCC(CO)CC4)cc3)cc12. The molecule has 1 saturated heterocycles. The van der Waals surface area contributed by atoms with Gasteiger partial charge in [0, 0.05) is 18.5 Å². The lowest BCUT2D eigenvalue weighted by molar-refractivity contribution is 0.127. The molecule has 0 bridgehead atoms. The number of likely N-dealkylation sites (tertiary alicyclic amines) is 1. The molecule has 0 aliphatic carbocycles. The highest BCUT2D eigenvalue weighted by Crippen LogP contribution is 2.27. The molecule has 0 unspecified atom stereocenters. The fraction of sp³-hybridized carbons (Fsp3) is 0.333. The highest BCUT2D eigenvalue weighted by molar-refractivity contribution is 5.89. The predicted molar refractivity (Wildman–Crippen MR) is 119 cm³/mol. The highest BCUT2D eigenvalue weighted by atomic mass is 16.3. The van der Waals surface area contributed by atoms with E-state index in [1.54, 1.807) is 4.40 Å². The fourth-order valence-electron chi connectivity index (χ4n) is 4.52. The Hall–Kier alpha value is -2.96. The number of rotatable bonds is 4. The molecule has 0 amide bonds. The maximum Gasteiger partial charge on any atom is 0.348 e. The Kier molecular flexibility index (Phi) is 4.89. The molecule has 1 aliphatic rings. The molecule has 154 valence electrons. The third-order valence-corrected chi connectivity index (χ3v) is 6.36. The predicted octanol–water partition coefficient (Wildman–Crippen LogP) is 3.36. The quantitative estimate of drug-likeness (QED) is 0.549. The van der Waals surface area contributed by atoms with Gasteiger partial charge in [-0.25, -0.2) is 14.3 Å². The van der Waals surface area contributed by atoms with Crippen LogP contribution in [0.2, 0.25) is 0 Å². The second-order valence-corrected chi connectivity index (χ2v) is 8.38. The van der Waals surface area contributed by atoms with Crippen molar-refractivity contribution in [3.8, 4) is 11.1 Å². The van der Waals surface area contributed by atoms with E-state index in [1.807, 2.05) is 19.1 Å². The zero-order valence-corrected chi connectivity index (χ0v) is 17.1. The maximum atomic E-state index is 12.1. The van der Waals surface area contributed by atoms with Gasteiger partial charge in [-0.3, -0.25) is 4.90 Å². The second-order valence-electron chi connectivity index (χ2n) is 8.38. The minimum Gasteiger partial charge on any atom is -0.396 e. The standard InChI is InChI=1S/C24H26N4O2/c1-16-12-23-25-26-24(30)28(23)22-7-6-20(13-21(16)22)19-4-2-17(3-5-19)14-27-10-8-18(15-29)9-11-27/h2-7,12-13,18,29H,8-11,14-15H2,1H3,(H,26,30). The van der Waals surface area contributed by atoms with Crippen molar-refractivity contribution in [1.82, 2.24) is 19.5 Å². The van der Waals surface area contributed by atoms with E-state index < -0.39 is 0 Å². The first-order chi connectivity index (χ1) is 14.6. The number of H-pyrrole nitrogens is 1. The van der Waals surface area contributed by atoms with E-state index in [4.69, 9.17) is 0 Å². The highest BCUT2D eigenvalue weighted by Gasteiger charge is 2.18. The van der Waals surface area contributed by atoms with E-state index >= 15 is 0 Å². The van der Waals surface area contributed by atoms with Crippen molar-refractivity contribution in [2.45, 2.75) is 26.3 Å². The molecule has 0 saturated carbocycles. The van der Waals surface area contributed by atoms with Gasteiger partial charge in [0.2, 0.25) is 0 Å². The summed E-state index contributed by atoms with van der Waals surface area (Å²) in [6, 6.07) is 16.9. The summed E-state index contributed by atoms with van der Waals surface area (Å²) in [6.45, 7) is 5.43. The van der Waals surface area contributed by atoms with Crippen LogP contribution >= 0.6 is 0 Å². The summed E-state index contributed by atoms with van der Waals surface area (Å²) < 4.78 is 1.62. The van der Waals surface area contributed by atoms with Crippen LogP contribution in [0.5, 0.6) is 0 Å². The summed E-state index contributed by atoms with van der Waals surface area (Å²) >= 11 is 0. The number of aliphatic hydroxyl groups is 1. The summed E-state index contributed by atoms with van der Waals surface area (Å²) in [7, 11) is 0. The maximum absolute atomic E-state index is 12.1. The first kappa shape index (κ1) is 19.0. The number of aryl methyl sites for hydroxylation is 1. The van der Waals surface area contributed by atoms with Crippen LogP contribution in [0.15, 0.2) is 53.3 Å². The van der Waals surface area contributed by atoms with E-state index in [0.717, 1.165) is 54.5 Å². The number of benzene rings is 2. The fourth-order valence-corrected chi connectivity index (χ4v) is 4.52. The van der Waals surface area contributed by atoms with Crippen molar-refractivity contribution in [3.05, 3.63) is 70.1 Å². The molecule has 0 atom stereocenters. The van der Waals surface area contributed by atoms with Gasteiger partial charge in [-0.1, -0.05) is 30.3 Å². The van der Waals surface area contributed by atoms with Gasteiger partial charge >= 0.3 is 5.69 Å². The molecule has 4 aromatic rings. The van der Waals surface area contributed by atoms with E-state index in [2.05, 4.69) is 51.5 Å². The number of aromatic amines is 1. The van der Waals surface area contributed by atoms with Crippen LogP contribution in [0.25, 0.3) is 27.7 Å². The number of fused-ring (bicyclic) bond motifs is 3. The third kappa shape index (κ3) is 3.42. The van der Waals surface area contributed by atoms with Crippen LogP contribution in [-0.2, 0) is 6.54 Å². The minimum atomic E-state index is -0.213. The zero-order chi connectivity index (χ0) is 20.7. The number of aliphatic hydroxyl groups excluding tert-OH is 1. The van der Waals surface area contributed by atoms with Gasteiger partial charge in [0.05, 0.1) is 5.52 Å². The van der Waals surface area contributed by atoms with Crippen LogP contribution in [0.1, 0.15) is 24.0 Å². The van der Waals surface area contributed by atoms with Crippen molar-refractivity contribution >= 4 is 16.6 Å². The Labute approximate surface area is 174 Å². The van der Waals surface area contributed by atoms with Gasteiger partial charge in [-0.15, -0.1) is 0 Å². The number of hydrogen-bond acceptors (Lipinski definition) is 4. The number of aromatic nitrogens is 3. The van der Waals surface area contributed by atoms with Gasteiger partial charge in [-0.05, 0) is 79.2 Å². The average Bonchev–Trinajstić information content (AvgIpc) is 3.15. The number of nitrogens with one attached hydrogen (secondary N) is 1. The lowest BCUT2D eigenvalue weighted by atomic mass is 9.97. The molecule has 2 aromatic heterocycles. The summed E-state index contributed by atoms with van der Waals surface area (Å²) in [6.07, 6.45) is 2.16. The molecule has 1 fully saturated rings. The third-order valence-electron chi connectivity index (χ3n) is 6.36. The zero-order valence-electron chi connectivity index (χ0n) is 17.1. The lowest BCUT2D eigenvalue weighted by Crippen LogP contribution is -2.34. The van der Waals surface area contributed by atoms with Crippen LogP contribution in [0, 0.1) is 12.8 Å². The monoisotopic (exact) mass is 402 g/mol. The van der Waals surface area contributed by atoms with Crippen molar-refractivity contribution in [1.29, 1.82) is 0 Å². The first-order valence-electron chi connectivity index (χ1n) is 10.6. The molecule has 3 heterocycles. The van der Waals surface area contributed by atoms with Crippen molar-refractivity contribution in [2.75, 3.05) is 19.7 Å². The molecular weight excluding hydrogens is 376 g/mol. The Bertz CT molecular complexity index is 1250. The summed E-state index contributed by atoms with van der Waals surface area (Å²) in [5.74, 6) is 0.471. The number of piperidine rings is 1. The van der Waals surface area contributed by atoms with Crippen molar-refractivity contribution in [3.63, 3.8) is 0 Å². The molecule has 2 aromatic carbocycles. The number of nitrogens with zero attached hydrogens (tertiary/aromatic N) is 3. The number of hydrogen-bond donors (Lipinski definition) is 2. The van der Waals surface area contributed by atoms with Gasteiger partial charge in [-0.2, -0.15) is 5.10 Å². The van der Waals surface area contributed by atoms with Crippen LogP contribution in [-0.4, -0.2) is 44.3 Å². The Balaban J connectivity index is 1.40. The van der Waals surface area contributed by atoms with Gasteiger partial charge < -0.3 is 5.11 Å². The van der Waals surface area contributed by atoms with E-state index in [1.165, 1.54) is 11.1 Å². The average molecular weight is 402 g/mol. The molecule has 0 radical (unpaired) electrons. The summed E-state index contributed by atoms with van der Waals surface area (Å²) in [4.78, 5) is 14.6. The van der Waals surface area contributed by atoms with Gasteiger partial charge in [0.15, 0.2) is 5.65 Å². The Morgan fingerprint density at radius 2 is 1.80 bits per heavy atom. The van der Waals surface area contributed by atoms with Crippen LogP contribution in [0.4, 0.5) is 0 Å². The first-order valence-corrected chi connectivity index (χ1v) is 10.6. The molecule has 5 rings (SSSR count). The molecule has 6 heteroatoms. The van der Waals surface area contributed by atoms with E-state index in [9.17, 15) is 9.90 Å². The van der Waals surface area contributed by atoms with Gasteiger partial charge in [0.1, 0.15) is 0 Å². The molecule has 1 aliphatic heterocycles. The molecule has 2 N–H and O–H groups in total.